The number of likely N-dealkylation sites (N-methyl/N-ethyl adjacent to an activating group) is 1. The molecule has 0 spiro atoms. The van der Waals surface area contributed by atoms with Crippen molar-refractivity contribution in [3.8, 4) is 0 Å². The van der Waals surface area contributed by atoms with E-state index in [0.29, 0.717) is 0 Å². The third-order valence-electron chi connectivity index (χ3n) is 3.25. The van der Waals surface area contributed by atoms with Gasteiger partial charge in [-0.3, -0.25) is 0 Å². The maximum absolute atomic E-state index is 13.3. The molecule has 0 radical (unpaired) electrons. The van der Waals surface area contributed by atoms with Crippen molar-refractivity contribution >= 4 is 0 Å². The van der Waals surface area contributed by atoms with Gasteiger partial charge in [0.05, 0.1) is 0 Å². The van der Waals surface area contributed by atoms with Crippen molar-refractivity contribution in [2.75, 3.05) is 7.05 Å². The van der Waals surface area contributed by atoms with Crippen LogP contribution in [-0.2, 0) is 6.42 Å². The molecule has 3 heteroatoms. The summed E-state index contributed by atoms with van der Waals surface area (Å²) in [5.74, 6) is -1.62. The van der Waals surface area contributed by atoms with E-state index in [1.165, 1.54) is 17.7 Å². The summed E-state index contributed by atoms with van der Waals surface area (Å²) in [7, 11) is 1.82. The Morgan fingerprint density at radius 1 is 1.00 bits per heavy atom. The molecule has 0 bridgehead atoms. The Kier molecular flexibility index (Phi) is 4.27. The number of nitrogens with one attached hydrogen (secondary N) is 1. The minimum atomic E-state index is -0.811. The molecular weight excluding hydrogens is 244 g/mol. The van der Waals surface area contributed by atoms with Crippen LogP contribution in [0.25, 0.3) is 0 Å². The van der Waals surface area contributed by atoms with Gasteiger partial charge in [-0.2, -0.15) is 0 Å². The van der Waals surface area contributed by atoms with E-state index in [1.807, 2.05) is 26.1 Å². The number of hydrogen-bond donors (Lipinski definition) is 1. The molecule has 0 aromatic heterocycles. The van der Waals surface area contributed by atoms with Crippen LogP contribution < -0.4 is 5.32 Å². The molecule has 100 valence electrons. The van der Waals surface area contributed by atoms with Gasteiger partial charge in [0, 0.05) is 6.04 Å². The van der Waals surface area contributed by atoms with Crippen molar-refractivity contribution in [1.29, 1.82) is 0 Å². The van der Waals surface area contributed by atoms with Crippen molar-refractivity contribution < 1.29 is 8.78 Å². The van der Waals surface area contributed by atoms with E-state index in [2.05, 4.69) is 17.4 Å². The van der Waals surface area contributed by atoms with Gasteiger partial charge in [-0.15, -0.1) is 0 Å². The van der Waals surface area contributed by atoms with E-state index in [-0.39, 0.29) is 6.04 Å². The zero-order valence-corrected chi connectivity index (χ0v) is 11.1. The van der Waals surface area contributed by atoms with Crippen molar-refractivity contribution in [3.05, 3.63) is 70.8 Å². The minimum absolute atomic E-state index is 0.0298. The monoisotopic (exact) mass is 261 g/mol. The molecule has 2 rings (SSSR count). The van der Waals surface area contributed by atoms with Gasteiger partial charge in [0.25, 0.3) is 0 Å². The Balaban J connectivity index is 2.19. The van der Waals surface area contributed by atoms with Crippen molar-refractivity contribution in [3.63, 3.8) is 0 Å². The van der Waals surface area contributed by atoms with Gasteiger partial charge in [0.2, 0.25) is 0 Å². The van der Waals surface area contributed by atoms with Gasteiger partial charge in [-0.05, 0) is 43.7 Å². The molecule has 0 fully saturated rings. The normalized spacial score (nSPS) is 12.4. The summed E-state index contributed by atoms with van der Waals surface area (Å²) in [5.41, 5.74) is 3.12. The summed E-state index contributed by atoms with van der Waals surface area (Å²) in [6.45, 7) is 2.04. The zero-order chi connectivity index (χ0) is 13.8. The SMILES string of the molecule is CNC(Cc1ccc(C)cc1)c1ccc(F)c(F)c1. The highest BCUT2D eigenvalue weighted by molar-refractivity contribution is 5.26. The lowest BCUT2D eigenvalue weighted by Crippen LogP contribution is -2.19. The second-order valence-corrected chi connectivity index (χ2v) is 4.70. The van der Waals surface area contributed by atoms with Crippen LogP contribution in [0.4, 0.5) is 8.78 Å². The highest BCUT2D eigenvalue weighted by Crippen LogP contribution is 2.20. The highest BCUT2D eigenvalue weighted by Gasteiger charge is 2.12. The molecule has 0 aliphatic rings. The van der Waals surface area contributed by atoms with Gasteiger partial charge >= 0.3 is 0 Å². The van der Waals surface area contributed by atoms with E-state index in [1.54, 1.807) is 6.07 Å². The summed E-state index contributed by atoms with van der Waals surface area (Å²) in [6, 6.07) is 12.2. The Bertz CT molecular complexity index is 549. The van der Waals surface area contributed by atoms with Crippen LogP contribution in [0.1, 0.15) is 22.7 Å². The summed E-state index contributed by atoms with van der Waals surface area (Å²) >= 11 is 0. The van der Waals surface area contributed by atoms with E-state index in [4.69, 9.17) is 0 Å². The molecule has 0 saturated carbocycles. The molecule has 0 aliphatic heterocycles. The second kappa shape index (κ2) is 5.93. The molecule has 1 N–H and O–H groups in total. The first-order valence-electron chi connectivity index (χ1n) is 6.28. The lowest BCUT2D eigenvalue weighted by molar-refractivity contribution is 0.501. The van der Waals surface area contributed by atoms with Crippen LogP contribution in [0.15, 0.2) is 42.5 Å². The summed E-state index contributed by atoms with van der Waals surface area (Å²) in [5, 5.41) is 3.14. The number of aryl methyl sites for hydroxylation is 1. The van der Waals surface area contributed by atoms with Crippen LogP contribution in [0, 0.1) is 18.6 Å². The lowest BCUT2D eigenvalue weighted by atomic mass is 9.98. The second-order valence-electron chi connectivity index (χ2n) is 4.70. The van der Waals surface area contributed by atoms with Crippen LogP contribution in [0.5, 0.6) is 0 Å². The van der Waals surface area contributed by atoms with Gasteiger partial charge in [-0.25, -0.2) is 8.78 Å². The fraction of sp³-hybridized carbons (Fsp3) is 0.250. The molecule has 0 heterocycles. The molecule has 1 nitrogen and oxygen atoms in total. The molecule has 2 aromatic carbocycles. The molecular formula is C16H17F2N. The Morgan fingerprint density at radius 3 is 2.26 bits per heavy atom. The zero-order valence-electron chi connectivity index (χ0n) is 11.1. The maximum Gasteiger partial charge on any atom is 0.159 e. The number of halogens is 2. The number of benzene rings is 2. The molecule has 2 aromatic rings. The Hall–Kier alpha value is -1.74. The summed E-state index contributed by atoms with van der Waals surface area (Å²) < 4.78 is 26.2. The minimum Gasteiger partial charge on any atom is -0.313 e. The molecule has 1 unspecified atom stereocenters. The topological polar surface area (TPSA) is 12.0 Å². The summed E-state index contributed by atoms with van der Waals surface area (Å²) in [4.78, 5) is 0. The van der Waals surface area contributed by atoms with Gasteiger partial charge in [-0.1, -0.05) is 35.9 Å². The van der Waals surface area contributed by atoms with Crippen LogP contribution in [-0.4, -0.2) is 7.05 Å². The Morgan fingerprint density at radius 2 is 1.68 bits per heavy atom. The lowest BCUT2D eigenvalue weighted by Gasteiger charge is -2.17. The van der Waals surface area contributed by atoms with Gasteiger partial charge < -0.3 is 5.32 Å². The number of hydrogen-bond acceptors (Lipinski definition) is 1. The first kappa shape index (κ1) is 13.7. The third-order valence-corrected chi connectivity index (χ3v) is 3.25. The predicted molar refractivity (Wildman–Crippen MR) is 73.0 cm³/mol. The predicted octanol–water partition coefficient (Wildman–Crippen LogP) is 3.78. The Labute approximate surface area is 112 Å². The van der Waals surface area contributed by atoms with Crippen LogP contribution in [0.2, 0.25) is 0 Å². The van der Waals surface area contributed by atoms with Crippen LogP contribution in [0.3, 0.4) is 0 Å². The van der Waals surface area contributed by atoms with E-state index < -0.39 is 11.6 Å². The average molecular weight is 261 g/mol. The quantitative estimate of drug-likeness (QED) is 0.883. The first-order valence-corrected chi connectivity index (χ1v) is 6.28. The van der Waals surface area contributed by atoms with E-state index in [9.17, 15) is 8.78 Å². The van der Waals surface area contributed by atoms with Crippen molar-refractivity contribution in [1.82, 2.24) is 5.32 Å². The highest BCUT2D eigenvalue weighted by atomic mass is 19.2. The maximum atomic E-state index is 13.3. The average Bonchev–Trinajstić information content (AvgIpc) is 2.41. The van der Waals surface area contributed by atoms with E-state index in [0.717, 1.165) is 17.5 Å². The molecule has 0 aliphatic carbocycles. The smallest absolute Gasteiger partial charge is 0.159 e. The molecule has 0 saturated heterocycles. The van der Waals surface area contributed by atoms with Gasteiger partial charge in [0.1, 0.15) is 0 Å². The largest absolute Gasteiger partial charge is 0.313 e. The molecule has 0 amide bonds. The van der Waals surface area contributed by atoms with Crippen LogP contribution >= 0.6 is 0 Å². The molecule has 19 heavy (non-hydrogen) atoms. The number of rotatable bonds is 4. The fourth-order valence-corrected chi connectivity index (χ4v) is 2.08. The van der Waals surface area contributed by atoms with Gasteiger partial charge in [0.15, 0.2) is 11.6 Å². The first-order chi connectivity index (χ1) is 9.10. The third kappa shape index (κ3) is 3.38. The van der Waals surface area contributed by atoms with Crippen molar-refractivity contribution in [2.24, 2.45) is 0 Å². The fourth-order valence-electron chi connectivity index (χ4n) is 2.08. The van der Waals surface area contributed by atoms with Crippen molar-refractivity contribution in [2.45, 2.75) is 19.4 Å². The summed E-state index contributed by atoms with van der Waals surface area (Å²) in [6.07, 6.45) is 0.738. The van der Waals surface area contributed by atoms with E-state index >= 15 is 0 Å². The standard InChI is InChI=1S/C16H17F2N/c1-11-3-5-12(6-4-11)9-16(19-2)13-7-8-14(17)15(18)10-13/h3-8,10,16,19H,9H2,1-2H3. The molecule has 1 atom stereocenters.